The van der Waals surface area contributed by atoms with Crippen LogP contribution in [0.2, 0.25) is 0 Å². The molecule has 0 radical (unpaired) electrons. The lowest BCUT2D eigenvalue weighted by molar-refractivity contribution is -0.136. The predicted molar refractivity (Wildman–Crippen MR) is 195 cm³/mol. The Balaban J connectivity index is 1.17. The molecule has 282 valence electrons. The van der Waals surface area contributed by atoms with Gasteiger partial charge in [0.05, 0.1) is 55.8 Å². The van der Waals surface area contributed by atoms with Crippen LogP contribution in [0.25, 0.3) is 33.4 Å². The lowest BCUT2D eigenvalue weighted by atomic mass is 10.0. The van der Waals surface area contributed by atoms with Gasteiger partial charge in [0.25, 0.3) is 0 Å². The largest absolute Gasteiger partial charge is 0.453 e. The van der Waals surface area contributed by atoms with Crippen LogP contribution >= 0.6 is 0 Å². The monoisotopic (exact) mass is 730 g/mol. The maximum Gasteiger partial charge on any atom is 0.407 e. The molecule has 0 spiro atoms. The molecule has 2 saturated heterocycles. The number of benzene rings is 2. The molecule has 4 N–H and O–H groups in total. The number of hydrogen-bond acceptors (Lipinski definition) is 8. The first-order chi connectivity index (χ1) is 25.4. The SMILES string of the molecule is COC(=O)NC(C(=O)N1CC(F)CC1c1ncc(-c2ccc(-c3ccc4nc(C5CCCN5C(=O)C(NC(=O)OC)C(C)C)[nH]c4c3)cc2)[nH]1)C(C)C. The van der Waals surface area contributed by atoms with Gasteiger partial charge in [-0.2, -0.15) is 0 Å². The first kappa shape index (κ1) is 37.3. The van der Waals surface area contributed by atoms with E-state index < -0.39 is 36.5 Å². The summed E-state index contributed by atoms with van der Waals surface area (Å²) < 4.78 is 24.2. The van der Waals surface area contributed by atoms with Gasteiger partial charge in [-0.1, -0.05) is 58.0 Å². The average Bonchev–Trinajstić information content (AvgIpc) is 3.97. The quantitative estimate of drug-likeness (QED) is 0.162. The second-order valence-corrected chi connectivity index (χ2v) is 14.4. The van der Waals surface area contributed by atoms with Crippen molar-refractivity contribution in [3.63, 3.8) is 0 Å². The zero-order valence-corrected chi connectivity index (χ0v) is 30.8. The zero-order valence-electron chi connectivity index (χ0n) is 30.8. The number of H-pyrrole nitrogens is 2. The normalized spacial score (nSPS) is 19.8. The molecule has 4 aromatic rings. The van der Waals surface area contributed by atoms with E-state index in [4.69, 9.17) is 14.5 Å². The number of amides is 4. The number of imidazole rings is 2. The van der Waals surface area contributed by atoms with Crippen molar-refractivity contribution >= 4 is 35.0 Å². The number of alkyl halides is 1. The molecular weight excluding hydrogens is 683 g/mol. The molecule has 0 saturated carbocycles. The van der Waals surface area contributed by atoms with E-state index in [0.29, 0.717) is 18.2 Å². The van der Waals surface area contributed by atoms with E-state index in [1.165, 1.54) is 19.1 Å². The number of halogens is 1. The van der Waals surface area contributed by atoms with Crippen molar-refractivity contribution in [2.24, 2.45) is 11.8 Å². The van der Waals surface area contributed by atoms with Crippen molar-refractivity contribution in [2.75, 3.05) is 27.3 Å². The number of nitrogens with zero attached hydrogens (tertiary/aromatic N) is 4. The summed E-state index contributed by atoms with van der Waals surface area (Å²) >= 11 is 0. The maximum atomic E-state index is 14.7. The topological polar surface area (TPSA) is 175 Å². The van der Waals surface area contributed by atoms with Crippen LogP contribution in [0.3, 0.4) is 0 Å². The highest BCUT2D eigenvalue weighted by molar-refractivity contribution is 5.88. The lowest BCUT2D eigenvalue weighted by Gasteiger charge is -2.29. The molecule has 2 aliphatic heterocycles. The van der Waals surface area contributed by atoms with Gasteiger partial charge in [-0.15, -0.1) is 0 Å². The summed E-state index contributed by atoms with van der Waals surface area (Å²) in [6.07, 6.45) is 0.767. The van der Waals surface area contributed by atoms with Crippen LogP contribution in [0, 0.1) is 11.8 Å². The Kier molecular flexibility index (Phi) is 11.0. The lowest BCUT2D eigenvalue weighted by Crippen LogP contribution is -2.51. The summed E-state index contributed by atoms with van der Waals surface area (Å²) in [5.41, 5.74) is 5.16. The first-order valence-corrected chi connectivity index (χ1v) is 18.0. The Labute approximate surface area is 307 Å². The predicted octanol–water partition coefficient (Wildman–Crippen LogP) is 5.66. The smallest absolute Gasteiger partial charge is 0.407 e. The van der Waals surface area contributed by atoms with Crippen LogP contribution in [0.4, 0.5) is 14.0 Å². The van der Waals surface area contributed by atoms with E-state index in [1.807, 2.05) is 56.3 Å². The van der Waals surface area contributed by atoms with Gasteiger partial charge in [0.1, 0.15) is 29.9 Å². The minimum atomic E-state index is -1.22. The average molecular weight is 731 g/mol. The summed E-state index contributed by atoms with van der Waals surface area (Å²) in [5, 5.41) is 5.27. The van der Waals surface area contributed by atoms with Crippen molar-refractivity contribution in [1.29, 1.82) is 0 Å². The fraction of sp³-hybridized carbons (Fsp3) is 0.474. The van der Waals surface area contributed by atoms with Gasteiger partial charge in [0, 0.05) is 13.0 Å². The molecule has 6 rings (SSSR count). The van der Waals surface area contributed by atoms with E-state index in [-0.39, 0.29) is 42.7 Å². The van der Waals surface area contributed by atoms with Crippen LogP contribution in [0.15, 0.2) is 48.7 Å². The van der Waals surface area contributed by atoms with Crippen molar-refractivity contribution in [2.45, 2.75) is 77.3 Å². The number of fused-ring (bicyclic) bond motifs is 1. The standard InChI is InChI=1S/C38H47FN8O6/c1-20(2)31(44-37(50)52-5)35(48)46-15-7-8-29(46)34-41-26-14-13-24(16-27(26)42-34)22-9-11-23(12-10-22)28-18-40-33(43-28)30-17-25(39)19-47(30)36(49)32(21(3)4)45-38(51)53-6/h9-14,16,18,20-21,25,29-32H,7-8,15,17,19H2,1-6H3,(H,40,43)(H,41,42)(H,44,50)(H,45,51). The molecule has 2 aromatic heterocycles. The number of carbonyl (C=O) groups is 4. The van der Waals surface area contributed by atoms with Crippen LogP contribution in [0.1, 0.15) is 70.7 Å². The van der Waals surface area contributed by atoms with Crippen molar-refractivity contribution in [3.8, 4) is 22.4 Å². The van der Waals surface area contributed by atoms with E-state index in [1.54, 1.807) is 24.9 Å². The molecule has 5 atom stereocenters. The summed E-state index contributed by atoms with van der Waals surface area (Å²) in [5.74, 6) is 0.265. The van der Waals surface area contributed by atoms with Gasteiger partial charge in [-0.05, 0) is 53.5 Å². The molecule has 53 heavy (non-hydrogen) atoms. The van der Waals surface area contributed by atoms with Gasteiger partial charge in [0.2, 0.25) is 11.8 Å². The fourth-order valence-corrected chi connectivity index (χ4v) is 7.22. The van der Waals surface area contributed by atoms with Crippen molar-refractivity contribution < 1.29 is 33.0 Å². The zero-order chi connectivity index (χ0) is 38.0. The molecule has 2 fully saturated rings. The van der Waals surface area contributed by atoms with Crippen molar-refractivity contribution in [1.82, 2.24) is 40.4 Å². The van der Waals surface area contributed by atoms with Gasteiger partial charge in [0.15, 0.2) is 0 Å². The minimum Gasteiger partial charge on any atom is -0.453 e. The number of alkyl carbamates (subject to hydrolysis) is 2. The first-order valence-electron chi connectivity index (χ1n) is 18.0. The Hall–Kier alpha value is -5.47. The highest BCUT2D eigenvalue weighted by Gasteiger charge is 2.42. The number of aromatic amines is 2. The van der Waals surface area contributed by atoms with Gasteiger partial charge < -0.3 is 39.9 Å². The van der Waals surface area contributed by atoms with Crippen LogP contribution in [-0.2, 0) is 19.1 Å². The van der Waals surface area contributed by atoms with E-state index in [9.17, 15) is 23.6 Å². The molecule has 15 heteroatoms. The number of likely N-dealkylation sites (tertiary alicyclic amines) is 2. The summed E-state index contributed by atoms with van der Waals surface area (Å²) in [7, 11) is 2.51. The third-order valence-corrected chi connectivity index (χ3v) is 10.1. The number of hydrogen-bond donors (Lipinski definition) is 4. The Morgan fingerprint density at radius 2 is 1.42 bits per heavy atom. The van der Waals surface area contributed by atoms with Crippen molar-refractivity contribution in [3.05, 3.63) is 60.3 Å². The van der Waals surface area contributed by atoms with E-state index >= 15 is 0 Å². The number of rotatable bonds is 10. The number of aromatic nitrogens is 4. The van der Waals surface area contributed by atoms with E-state index in [0.717, 1.165) is 46.3 Å². The Morgan fingerprint density at radius 3 is 2.04 bits per heavy atom. The molecule has 2 aliphatic rings. The number of ether oxygens (including phenoxy) is 2. The molecule has 4 heterocycles. The second kappa shape index (κ2) is 15.6. The van der Waals surface area contributed by atoms with Crippen LogP contribution in [0.5, 0.6) is 0 Å². The Bertz CT molecular complexity index is 1960. The highest BCUT2D eigenvalue weighted by atomic mass is 19.1. The summed E-state index contributed by atoms with van der Waals surface area (Å²) in [4.78, 5) is 70.3. The maximum absolute atomic E-state index is 14.7. The second-order valence-electron chi connectivity index (χ2n) is 14.4. The van der Waals surface area contributed by atoms with Gasteiger partial charge >= 0.3 is 12.2 Å². The van der Waals surface area contributed by atoms with E-state index in [2.05, 4.69) is 25.6 Å². The Morgan fingerprint density at radius 1 is 0.811 bits per heavy atom. The molecule has 14 nitrogen and oxygen atoms in total. The summed E-state index contributed by atoms with van der Waals surface area (Å²) in [6.45, 7) is 7.87. The number of carbonyl (C=O) groups excluding carboxylic acids is 4. The fourth-order valence-electron chi connectivity index (χ4n) is 7.22. The minimum absolute atomic E-state index is 0.0906. The third kappa shape index (κ3) is 7.83. The number of nitrogens with one attached hydrogen (secondary N) is 4. The van der Waals surface area contributed by atoms with Gasteiger partial charge in [-0.25, -0.2) is 23.9 Å². The molecular formula is C38H47FN8O6. The number of methoxy groups -OCH3 is 2. The highest BCUT2D eigenvalue weighted by Crippen LogP contribution is 2.36. The van der Waals surface area contributed by atoms with Crippen LogP contribution < -0.4 is 10.6 Å². The van der Waals surface area contributed by atoms with Crippen LogP contribution in [-0.4, -0.2) is 99.3 Å². The van der Waals surface area contributed by atoms with Gasteiger partial charge in [-0.3, -0.25) is 9.59 Å². The summed E-state index contributed by atoms with van der Waals surface area (Å²) in [6, 6.07) is 11.5. The molecule has 2 aromatic carbocycles. The third-order valence-electron chi connectivity index (χ3n) is 10.1. The molecule has 4 amide bonds. The molecule has 5 unspecified atom stereocenters. The molecule has 0 bridgehead atoms. The molecule has 0 aliphatic carbocycles.